The van der Waals surface area contributed by atoms with E-state index in [4.69, 9.17) is 11.6 Å². The third-order valence-corrected chi connectivity index (χ3v) is 3.69. The van der Waals surface area contributed by atoms with Gasteiger partial charge in [0.2, 0.25) is 0 Å². The van der Waals surface area contributed by atoms with Crippen molar-refractivity contribution in [3.05, 3.63) is 41.3 Å². The molecule has 1 N–H and O–H groups in total. The number of thiazole rings is 1. The summed E-state index contributed by atoms with van der Waals surface area (Å²) >= 11 is 7.43. The van der Waals surface area contributed by atoms with E-state index in [9.17, 15) is 0 Å². The zero-order chi connectivity index (χ0) is 12.5. The Labute approximate surface area is 113 Å². The monoisotopic (exact) mass is 276 g/mol. The fourth-order valence-corrected chi connectivity index (χ4v) is 2.66. The average Bonchev–Trinajstić information content (AvgIpc) is 2.76. The van der Waals surface area contributed by atoms with E-state index in [1.807, 2.05) is 31.2 Å². The molecule has 0 amide bonds. The first kappa shape index (κ1) is 11.4. The second-order valence-corrected chi connectivity index (χ2v) is 5.11. The van der Waals surface area contributed by atoms with E-state index in [1.165, 1.54) is 17.7 Å². The Morgan fingerprint density at radius 2 is 2.06 bits per heavy atom. The van der Waals surface area contributed by atoms with Crippen LogP contribution >= 0.6 is 22.9 Å². The van der Waals surface area contributed by atoms with Crippen LogP contribution in [-0.2, 0) is 0 Å². The van der Waals surface area contributed by atoms with Crippen LogP contribution in [0.3, 0.4) is 0 Å². The van der Waals surface area contributed by atoms with Gasteiger partial charge in [-0.1, -0.05) is 41.1 Å². The standard InChI is InChI=1S/C12H9ClN4S/c1-7-4-2-3-5-8(7)16-12-17-9-10(13)14-6-15-11(9)18-12/h2-6H,1H3,(H,16,17). The predicted octanol–water partition coefficient (Wildman–Crippen LogP) is 3.79. The first-order valence-electron chi connectivity index (χ1n) is 5.34. The number of aromatic nitrogens is 3. The molecule has 0 spiro atoms. The number of hydrogen-bond acceptors (Lipinski definition) is 5. The van der Waals surface area contributed by atoms with Gasteiger partial charge in [-0.15, -0.1) is 0 Å². The third kappa shape index (κ3) is 2.02. The maximum atomic E-state index is 5.97. The number of anilines is 2. The maximum absolute atomic E-state index is 5.97. The summed E-state index contributed by atoms with van der Waals surface area (Å²) in [5.41, 5.74) is 2.83. The molecule has 3 rings (SSSR count). The zero-order valence-corrected chi connectivity index (χ0v) is 11.1. The van der Waals surface area contributed by atoms with Crippen LogP contribution in [0.4, 0.5) is 10.8 Å². The van der Waals surface area contributed by atoms with E-state index in [-0.39, 0.29) is 0 Å². The second-order valence-electron chi connectivity index (χ2n) is 3.78. The van der Waals surface area contributed by atoms with E-state index >= 15 is 0 Å². The van der Waals surface area contributed by atoms with Gasteiger partial charge in [-0.05, 0) is 18.6 Å². The van der Waals surface area contributed by atoms with E-state index in [2.05, 4.69) is 20.3 Å². The van der Waals surface area contributed by atoms with E-state index in [0.29, 0.717) is 10.7 Å². The molecular formula is C12H9ClN4S. The van der Waals surface area contributed by atoms with Crippen molar-refractivity contribution in [1.29, 1.82) is 0 Å². The van der Waals surface area contributed by atoms with E-state index < -0.39 is 0 Å². The molecule has 18 heavy (non-hydrogen) atoms. The largest absolute Gasteiger partial charge is 0.331 e. The van der Waals surface area contributed by atoms with Gasteiger partial charge in [0.1, 0.15) is 16.7 Å². The number of halogens is 1. The topological polar surface area (TPSA) is 50.7 Å². The van der Waals surface area contributed by atoms with Crippen LogP contribution in [0.1, 0.15) is 5.56 Å². The van der Waals surface area contributed by atoms with Gasteiger partial charge in [-0.3, -0.25) is 0 Å². The van der Waals surface area contributed by atoms with Crippen LogP contribution in [0.5, 0.6) is 0 Å². The number of rotatable bonds is 2. The van der Waals surface area contributed by atoms with Crippen molar-refractivity contribution in [2.45, 2.75) is 6.92 Å². The summed E-state index contributed by atoms with van der Waals surface area (Å²) in [6, 6.07) is 8.04. The highest BCUT2D eigenvalue weighted by Crippen LogP contribution is 2.30. The normalized spacial score (nSPS) is 10.8. The Morgan fingerprint density at radius 3 is 2.83 bits per heavy atom. The van der Waals surface area contributed by atoms with Crippen molar-refractivity contribution >= 4 is 44.1 Å². The summed E-state index contributed by atoms with van der Waals surface area (Å²) in [5, 5.41) is 4.42. The predicted molar refractivity (Wildman–Crippen MR) is 74.7 cm³/mol. The van der Waals surface area contributed by atoms with Gasteiger partial charge in [0.25, 0.3) is 0 Å². The molecule has 6 heteroatoms. The summed E-state index contributed by atoms with van der Waals surface area (Å²) < 4.78 is 0. The molecule has 0 aliphatic carbocycles. The smallest absolute Gasteiger partial charge is 0.189 e. The molecular weight excluding hydrogens is 268 g/mol. The Hall–Kier alpha value is -1.72. The van der Waals surface area contributed by atoms with Crippen molar-refractivity contribution in [3.63, 3.8) is 0 Å². The summed E-state index contributed by atoms with van der Waals surface area (Å²) in [7, 11) is 0. The van der Waals surface area contributed by atoms with Gasteiger partial charge in [-0.25, -0.2) is 15.0 Å². The van der Waals surface area contributed by atoms with Crippen LogP contribution in [0.15, 0.2) is 30.6 Å². The number of nitrogens with one attached hydrogen (secondary N) is 1. The Balaban J connectivity index is 2.01. The number of para-hydroxylation sites is 1. The van der Waals surface area contributed by atoms with Crippen LogP contribution in [0.2, 0.25) is 5.15 Å². The molecule has 0 saturated heterocycles. The van der Waals surface area contributed by atoms with Crippen LogP contribution in [0, 0.1) is 6.92 Å². The lowest BCUT2D eigenvalue weighted by atomic mass is 10.2. The molecule has 0 aliphatic heterocycles. The van der Waals surface area contributed by atoms with E-state index in [1.54, 1.807) is 0 Å². The van der Waals surface area contributed by atoms with Crippen LogP contribution in [0.25, 0.3) is 10.3 Å². The minimum absolute atomic E-state index is 0.383. The lowest BCUT2D eigenvalue weighted by Gasteiger charge is -2.04. The number of aryl methyl sites for hydroxylation is 1. The van der Waals surface area contributed by atoms with E-state index in [0.717, 1.165) is 21.2 Å². The molecule has 2 heterocycles. The molecule has 1 aromatic carbocycles. The highest BCUT2D eigenvalue weighted by molar-refractivity contribution is 7.21. The molecule has 0 saturated carbocycles. The average molecular weight is 277 g/mol. The lowest BCUT2D eigenvalue weighted by Crippen LogP contribution is -1.91. The molecule has 2 aromatic heterocycles. The summed E-state index contributed by atoms with van der Waals surface area (Å²) in [6.45, 7) is 2.04. The van der Waals surface area contributed by atoms with Crippen molar-refractivity contribution < 1.29 is 0 Å². The van der Waals surface area contributed by atoms with Crippen LogP contribution in [-0.4, -0.2) is 15.0 Å². The molecule has 90 valence electrons. The Morgan fingerprint density at radius 1 is 1.22 bits per heavy atom. The fourth-order valence-electron chi connectivity index (χ4n) is 1.61. The van der Waals surface area contributed by atoms with Gasteiger partial charge in [-0.2, -0.15) is 0 Å². The number of fused-ring (bicyclic) bond motifs is 1. The lowest BCUT2D eigenvalue weighted by molar-refractivity contribution is 1.22. The van der Waals surface area contributed by atoms with Gasteiger partial charge in [0.05, 0.1) is 0 Å². The summed E-state index contributed by atoms with van der Waals surface area (Å²) in [6.07, 6.45) is 1.44. The first-order chi connectivity index (χ1) is 8.74. The number of nitrogens with zero attached hydrogens (tertiary/aromatic N) is 3. The molecule has 0 radical (unpaired) electrons. The van der Waals surface area contributed by atoms with Crippen molar-refractivity contribution in [3.8, 4) is 0 Å². The number of benzene rings is 1. The summed E-state index contributed by atoms with van der Waals surface area (Å²) in [4.78, 5) is 13.2. The molecule has 4 nitrogen and oxygen atoms in total. The molecule has 0 atom stereocenters. The highest BCUT2D eigenvalue weighted by Gasteiger charge is 2.09. The third-order valence-electron chi connectivity index (χ3n) is 2.54. The number of hydrogen-bond donors (Lipinski definition) is 1. The molecule has 0 bridgehead atoms. The fraction of sp³-hybridized carbons (Fsp3) is 0.0833. The molecule has 0 fully saturated rings. The van der Waals surface area contributed by atoms with Gasteiger partial charge in [0.15, 0.2) is 10.3 Å². The first-order valence-corrected chi connectivity index (χ1v) is 6.53. The Bertz CT molecular complexity index is 710. The minimum atomic E-state index is 0.383. The van der Waals surface area contributed by atoms with Crippen molar-refractivity contribution in [2.75, 3.05) is 5.32 Å². The van der Waals surface area contributed by atoms with Gasteiger partial charge >= 0.3 is 0 Å². The zero-order valence-electron chi connectivity index (χ0n) is 9.51. The highest BCUT2D eigenvalue weighted by atomic mass is 35.5. The molecule has 3 aromatic rings. The SMILES string of the molecule is Cc1ccccc1Nc1nc2c(Cl)ncnc2s1. The maximum Gasteiger partial charge on any atom is 0.189 e. The van der Waals surface area contributed by atoms with Gasteiger partial charge < -0.3 is 5.32 Å². The van der Waals surface area contributed by atoms with Crippen LogP contribution < -0.4 is 5.32 Å². The second kappa shape index (κ2) is 4.51. The minimum Gasteiger partial charge on any atom is -0.331 e. The van der Waals surface area contributed by atoms with Crippen molar-refractivity contribution in [1.82, 2.24) is 15.0 Å². The van der Waals surface area contributed by atoms with Crippen molar-refractivity contribution in [2.24, 2.45) is 0 Å². The quantitative estimate of drug-likeness (QED) is 0.724. The molecule has 0 aliphatic rings. The molecule has 0 unspecified atom stereocenters. The Kier molecular flexibility index (Phi) is 2.85. The summed E-state index contributed by atoms with van der Waals surface area (Å²) in [5.74, 6) is 0. The van der Waals surface area contributed by atoms with Gasteiger partial charge in [0, 0.05) is 5.69 Å².